The lowest BCUT2D eigenvalue weighted by molar-refractivity contribution is 0.459. The highest BCUT2D eigenvalue weighted by Gasteiger charge is 2.15. The van der Waals surface area contributed by atoms with Gasteiger partial charge < -0.3 is 10.2 Å². The molecular weight excluding hydrogens is 252 g/mol. The average molecular weight is 270 g/mol. The molecule has 5 nitrogen and oxygen atoms in total. The number of aromatic nitrogens is 3. The second kappa shape index (κ2) is 5.00. The van der Waals surface area contributed by atoms with Crippen LogP contribution in [0.2, 0.25) is 0 Å². The molecule has 1 atom stereocenters. The van der Waals surface area contributed by atoms with Crippen molar-refractivity contribution in [2.75, 3.05) is 5.73 Å². The van der Waals surface area contributed by atoms with E-state index in [-0.39, 0.29) is 6.04 Å². The minimum Gasteiger partial charge on any atom is -0.469 e. The van der Waals surface area contributed by atoms with Crippen LogP contribution in [0.4, 0.5) is 5.95 Å². The van der Waals surface area contributed by atoms with Crippen molar-refractivity contribution in [2.24, 2.45) is 0 Å². The molecule has 0 bridgehead atoms. The summed E-state index contributed by atoms with van der Waals surface area (Å²) in [6.45, 7) is 4.10. The molecule has 0 aliphatic heterocycles. The van der Waals surface area contributed by atoms with Gasteiger partial charge in [0.1, 0.15) is 11.3 Å². The molecule has 0 aliphatic rings. The zero-order valence-corrected chi connectivity index (χ0v) is 11.7. The van der Waals surface area contributed by atoms with Crippen LogP contribution in [0.1, 0.15) is 30.8 Å². The lowest BCUT2D eigenvalue weighted by Gasteiger charge is -2.14. The van der Waals surface area contributed by atoms with Crippen LogP contribution in [0.3, 0.4) is 0 Å². The number of anilines is 1. The molecule has 20 heavy (non-hydrogen) atoms. The predicted molar refractivity (Wildman–Crippen MR) is 78.4 cm³/mol. The topological polar surface area (TPSA) is 69.9 Å². The first-order chi connectivity index (χ1) is 9.65. The second-order valence-corrected chi connectivity index (χ2v) is 5.10. The van der Waals surface area contributed by atoms with Crippen molar-refractivity contribution in [3.63, 3.8) is 0 Å². The summed E-state index contributed by atoms with van der Waals surface area (Å²) >= 11 is 0. The summed E-state index contributed by atoms with van der Waals surface area (Å²) in [7, 11) is 0. The Hall–Kier alpha value is -2.30. The van der Waals surface area contributed by atoms with Crippen LogP contribution >= 0.6 is 0 Å². The summed E-state index contributed by atoms with van der Waals surface area (Å²) in [6, 6.07) is 8.03. The highest BCUT2D eigenvalue weighted by Crippen LogP contribution is 2.24. The van der Waals surface area contributed by atoms with Gasteiger partial charge >= 0.3 is 0 Å². The largest absolute Gasteiger partial charge is 0.469 e. The lowest BCUT2D eigenvalue weighted by Crippen LogP contribution is -2.10. The van der Waals surface area contributed by atoms with Crippen molar-refractivity contribution in [1.29, 1.82) is 0 Å². The quantitative estimate of drug-likeness (QED) is 0.790. The fraction of sp³-hybridized carbons (Fsp3) is 0.333. The number of hydrogen-bond donors (Lipinski definition) is 1. The summed E-state index contributed by atoms with van der Waals surface area (Å²) in [6.07, 6.45) is 3.50. The van der Waals surface area contributed by atoms with Crippen LogP contribution in [-0.2, 0) is 6.42 Å². The zero-order valence-electron chi connectivity index (χ0n) is 11.7. The van der Waals surface area contributed by atoms with Crippen LogP contribution in [0.25, 0.3) is 11.2 Å². The van der Waals surface area contributed by atoms with Crippen molar-refractivity contribution in [3.05, 3.63) is 42.0 Å². The first kappa shape index (κ1) is 12.7. The monoisotopic (exact) mass is 270 g/mol. The fourth-order valence-electron chi connectivity index (χ4n) is 2.46. The number of hydrogen-bond acceptors (Lipinski definition) is 4. The van der Waals surface area contributed by atoms with Crippen molar-refractivity contribution in [3.8, 4) is 0 Å². The summed E-state index contributed by atoms with van der Waals surface area (Å²) in [5.74, 6) is 1.51. The maximum absolute atomic E-state index is 6.04. The molecule has 0 spiro atoms. The Kier molecular flexibility index (Phi) is 3.18. The Morgan fingerprint density at radius 1 is 1.30 bits per heavy atom. The van der Waals surface area contributed by atoms with Crippen molar-refractivity contribution >= 4 is 17.1 Å². The number of rotatable bonds is 4. The van der Waals surface area contributed by atoms with Crippen molar-refractivity contribution < 1.29 is 4.42 Å². The van der Waals surface area contributed by atoms with Gasteiger partial charge in [-0.15, -0.1) is 0 Å². The number of pyridine rings is 1. The minimum absolute atomic E-state index is 0.222. The van der Waals surface area contributed by atoms with E-state index >= 15 is 0 Å². The molecule has 1 unspecified atom stereocenters. The number of fused-ring (bicyclic) bond motifs is 1. The number of imidazole rings is 1. The molecular formula is C15H18N4O. The minimum atomic E-state index is 0.222. The maximum Gasteiger partial charge on any atom is 0.202 e. The van der Waals surface area contributed by atoms with E-state index in [2.05, 4.69) is 16.9 Å². The van der Waals surface area contributed by atoms with Crippen LogP contribution in [0.5, 0.6) is 0 Å². The van der Waals surface area contributed by atoms with Gasteiger partial charge in [-0.3, -0.25) is 4.57 Å². The number of aryl methyl sites for hydroxylation is 2. The van der Waals surface area contributed by atoms with Gasteiger partial charge in [-0.2, -0.15) is 0 Å². The smallest absolute Gasteiger partial charge is 0.202 e. The Bertz CT molecular complexity index is 715. The number of furan rings is 1. The van der Waals surface area contributed by atoms with E-state index < -0.39 is 0 Å². The molecule has 3 aromatic heterocycles. The van der Waals surface area contributed by atoms with Gasteiger partial charge in [-0.25, -0.2) is 9.97 Å². The van der Waals surface area contributed by atoms with Gasteiger partial charge in [0.15, 0.2) is 5.65 Å². The van der Waals surface area contributed by atoms with E-state index in [0.717, 1.165) is 35.5 Å². The van der Waals surface area contributed by atoms with Crippen LogP contribution in [0.15, 0.2) is 34.9 Å². The average Bonchev–Trinajstić information content (AvgIpc) is 3.02. The van der Waals surface area contributed by atoms with E-state index in [9.17, 15) is 0 Å². The molecule has 3 heterocycles. The normalized spacial score (nSPS) is 12.9. The lowest BCUT2D eigenvalue weighted by atomic mass is 10.1. The van der Waals surface area contributed by atoms with Crippen LogP contribution in [0, 0.1) is 6.92 Å². The highest BCUT2D eigenvalue weighted by atomic mass is 16.3. The standard InChI is InChI=1S/C15H18N4O/c1-10-5-8-13-14(17-10)19(15(16)18-13)11(2)6-7-12-4-3-9-20-12/h3-5,8-9,11H,6-7H2,1-2H3,(H2,16,18). The number of nitrogen functional groups attached to an aromatic ring is 1. The van der Waals surface area contributed by atoms with E-state index in [1.807, 2.05) is 35.8 Å². The molecule has 0 aliphatic carbocycles. The third kappa shape index (κ3) is 2.27. The second-order valence-electron chi connectivity index (χ2n) is 5.10. The molecule has 0 amide bonds. The van der Waals surface area contributed by atoms with Crippen LogP contribution in [-0.4, -0.2) is 14.5 Å². The Morgan fingerprint density at radius 3 is 2.90 bits per heavy atom. The molecule has 2 N–H and O–H groups in total. The third-order valence-electron chi connectivity index (χ3n) is 3.53. The third-order valence-corrected chi connectivity index (χ3v) is 3.53. The zero-order chi connectivity index (χ0) is 14.1. The van der Waals surface area contributed by atoms with Gasteiger partial charge in [0.05, 0.1) is 6.26 Å². The van der Waals surface area contributed by atoms with Crippen molar-refractivity contribution in [2.45, 2.75) is 32.7 Å². The summed E-state index contributed by atoms with van der Waals surface area (Å²) in [4.78, 5) is 8.93. The van der Waals surface area contributed by atoms with Gasteiger partial charge in [-0.05, 0) is 44.5 Å². The SMILES string of the molecule is Cc1ccc2nc(N)n(C(C)CCc3ccco3)c2n1. The van der Waals surface area contributed by atoms with E-state index in [0.29, 0.717) is 5.95 Å². The molecule has 5 heteroatoms. The number of nitrogens with two attached hydrogens (primary N) is 1. The van der Waals surface area contributed by atoms with E-state index in [1.54, 1.807) is 6.26 Å². The first-order valence-electron chi connectivity index (χ1n) is 6.78. The van der Waals surface area contributed by atoms with E-state index in [1.165, 1.54) is 0 Å². The molecule has 3 rings (SSSR count). The fourth-order valence-corrected chi connectivity index (χ4v) is 2.46. The molecule has 0 fully saturated rings. The van der Waals surface area contributed by atoms with Gasteiger partial charge in [-0.1, -0.05) is 0 Å². The van der Waals surface area contributed by atoms with Gasteiger partial charge in [0, 0.05) is 18.2 Å². The molecule has 0 saturated carbocycles. The molecule has 0 saturated heterocycles. The summed E-state index contributed by atoms with van der Waals surface area (Å²) < 4.78 is 7.37. The van der Waals surface area contributed by atoms with Crippen LogP contribution < -0.4 is 5.73 Å². The molecule has 3 aromatic rings. The molecule has 104 valence electrons. The van der Waals surface area contributed by atoms with Gasteiger partial charge in [0.2, 0.25) is 5.95 Å². The summed E-state index contributed by atoms with van der Waals surface area (Å²) in [5.41, 5.74) is 8.71. The number of nitrogens with zero attached hydrogens (tertiary/aromatic N) is 3. The maximum atomic E-state index is 6.04. The Balaban J connectivity index is 1.88. The molecule has 0 aromatic carbocycles. The van der Waals surface area contributed by atoms with Crippen molar-refractivity contribution in [1.82, 2.24) is 14.5 Å². The van der Waals surface area contributed by atoms with E-state index in [4.69, 9.17) is 10.2 Å². The first-order valence-corrected chi connectivity index (χ1v) is 6.78. The predicted octanol–water partition coefficient (Wildman–Crippen LogP) is 3.11. The summed E-state index contributed by atoms with van der Waals surface area (Å²) in [5, 5.41) is 0. The Morgan fingerprint density at radius 2 is 2.15 bits per heavy atom. The highest BCUT2D eigenvalue weighted by molar-refractivity contribution is 5.74. The Labute approximate surface area is 117 Å². The molecule has 0 radical (unpaired) electrons. The van der Waals surface area contributed by atoms with Gasteiger partial charge in [0.25, 0.3) is 0 Å².